The van der Waals surface area contributed by atoms with E-state index in [-0.39, 0.29) is 17.6 Å². The molecule has 2 rings (SSSR count). The van der Waals surface area contributed by atoms with Gasteiger partial charge in [0.05, 0.1) is 18.1 Å². The Bertz CT molecular complexity index is 739. The Balaban J connectivity index is 2.21. The highest BCUT2D eigenvalue weighted by atomic mass is 16.5. The number of rotatable bonds is 6. The molecular formula is C22H28O5. The zero-order valence-corrected chi connectivity index (χ0v) is 16.2. The molecule has 5 nitrogen and oxygen atoms in total. The molecule has 2 atom stereocenters. The van der Waals surface area contributed by atoms with Crippen molar-refractivity contribution in [2.24, 2.45) is 11.3 Å². The molecule has 1 heterocycles. The molecule has 0 amide bonds. The van der Waals surface area contributed by atoms with Gasteiger partial charge in [-0.25, -0.2) is 4.79 Å². The fourth-order valence-corrected chi connectivity index (χ4v) is 3.30. The van der Waals surface area contributed by atoms with Gasteiger partial charge in [-0.3, -0.25) is 4.79 Å². The smallest absolute Gasteiger partial charge is 0.335 e. The molecule has 0 aliphatic heterocycles. The molecule has 0 radical (unpaired) electrons. The number of esters is 1. The highest BCUT2D eigenvalue weighted by Crippen LogP contribution is 2.38. The van der Waals surface area contributed by atoms with Crippen molar-refractivity contribution in [3.8, 4) is 0 Å². The van der Waals surface area contributed by atoms with Gasteiger partial charge >= 0.3 is 11.9 Å². The van der Waals surface area contributed by atoms with Crippen LogP contribution in [0.15, 0.2) is 58.5 Å². The summed E-state index contributed by atoms with van der Waals surface area (Å²) in [7, 11) is 0. The maximum atomic E-state index is 11.6. The Morgan fingerprint density at radius 1 is 1.37 bits per heavy atom. The van der Waals surface area contributed by atoms with Crippen molar-refractivity contribution in [2.45, 2.75) is 46.5 Å². The molecule has 0 saturated carbocycles. The van der Waals surface area contributed by atoms with E-state index in [0.29, 0.717) is 17.9 Å². The largest absolute Gasteiger partial charge is 0.478 e. The first kappa shape index (κ1) is 20.7. The molecule has 1 aliphatic rings. The number of carboxylic acid groups (broad SMARTS) is 1. The molecule has 1 N–H and O–H groups in total. The number of aryl methyl sites for hydroxylation is 1. The van der Waals surface area contributed by atoms with Crippen LogP contribution in [-0.2, 0) is 20.7 Å². The number of furan rings is 1. The molecule has 0 fully saturated rings. The molecule has 1 aromatic rings. The molecule has 0 unspecified atom stereocenters. The van der Waals surface area contributed by atoms with E-state index >= 15 is 0 Å². The van der Waals surface area contributed by atoms with Crippen molar-refractivity contribution in [1.29, 1.82) is 0 Å². The van der Waals surface area contributed by atoms with E-state index in [4.69, 9.17) is 9.15 Å². The van der Waals surface area contributed by atoms with Crippen molar-refractivity contribution in [3.05, 3.63) is 59.6 Å². The van der Waals surface area contributed by atoms with Crippen LogP contribution in [0.3, 0.4) is 0 Å². The molecule has 27 heavy (non-hydrogen) atoms. The number of carbonyl (C=O) groups is 2. The predicted octanol–water partition coefficient (Wildman–Crippen LogP) is 4.71. The standard InChI is InChI=1S/C22H28O5/c1-16-7-8-19(15-27-17(2)23)20(21(24)25)6-4-5-11-22(16,3)12-9-18-10-13-26-14-18/h4-6,10-11,13-14,16H,7-9,12,15H2,1-3H3,(H,24,25)/b6-4-,11-5+,20-19+/t16-,22+/m1/s1. The van der Waals surface area contributed by atoms with Gasteiger partial charge < -0.3 is 14.3 Å². The van der Waals surface area contributed by atoms with Crippen molar-refractivity contribution >= 4 is 11.9 Å². The summed E-state index contributed by atoms with van der Waals surface area (Å²) in [5.74, 6) is -1.08. The SMILES string of the molecule is CC(=O)OC\C1=C(C(=O)O)/C=C\C=C\[C@@](C)(CCc2ccoc2)[C@H](C)CC1. The number of carbonyl (C=O) groups excluding carboxylic acids is 1. The Morgan fingerprint density at radius 3 is 2.78 bits per heavy atom. The van der Waals surface area contributed by atoms with E-state index in [1.807, 2.05) is 12.1 Å². The minimum atomic E-state index is -1.00. The zero-order valence-electron chi connectivity index (χ0n) is 16.2. The summed E-state index contributed by atoms with van der Waals surface area (Å²) in [4.78, 5) is 22.8. The highest BCUT2D eigenvalue weighted by Gasteiger charge is 2.29. The second-order valence-electron chi connectivity index (χ2n) is 7.40. The summed E-state index contributed by atoms with van der Waals surface area (Å²) in [5.41, 5.74) is 1.99. The summed E-state index contributed by atoms with van der Waals surface area (Å²) >= 11 is 0. The summed E-state index contributed by atoms with van der Waals surface area (Å²) in [6, 6.07) is 1.98. The lowest BCUT2D eigenvalue weighted by molar-refractivity contribution is -0.140. The molecule has 1 aromatic heterocycles. The monoisotopic (exact) mass is 372 g/mol. The van der Waals surface area contributed by atoms with Crippen LogP contribution in [0.1, 0.15) is 45.6 Å². The maximum Gasteiger partial charge on any atom is 0.335 e. The van der Waals surface area contributed by atoms with Crippen LogP contribution in [0, 0.1) is 11.3 Å². The van der Waals surface area contributed by atoms with Gasteiger partial charge in [0, 0.05) is 6.92 Å². The summed E-state index contributed by atoms with van der Waals surface area (Å²) in [6.45, 7) is 5.77. The van der Waals surface area contributed by atoms with Gasteiger partial charge in [-0.2, -0.15) is 0 Å². The lowest BCUT2D eigenvalue weighted by Gasteiger charge is -2.34. The van der Waals surface area contributed by atoms with E-state index in [1.54, 1.807) is 24.7 Å². The zero-order chi connectivity index (χ0) is 19.9. The van der Waals surface area contributed by atoms with Gasteiger partial charge in [-0.15, -0.1) is 0 Å². The molecule has 146 valence electrons. The van der Waals surface area contributed by atoms with Crippen molar-refractivity contribution < 1.29 is 23.8 Å². The molecular weight excluding hydrogens is 344 g/mol. The first-order chi connectivity index (χ1) is 12.8. The van der Waals surface area contributed by atoms with Crippen molar-refractivity contribution in [1.82, 2.24) is 0 Å². The normalized spacial score (nSPS) is 28.3. The van der Waals surface area contributed by atoms with Gasteiger partial charge in [0.25, 0.3) is 0 Å². The first-order valence-electron chi connectivity index (χ1n) is 9.27. The van der Waals surface area contributed by atoms with E-state index < -0.39 is 11.9 Å². The summed E-state index contributed by atoms with van der Waals surface area (Å²) in [6.07, 6.45) is 14.2. The molecule has 0 bridgehead atoms. The molecule has 1 aliphatic carbocycles. The highest BCUT2D eigenvalue weighted by molar-refractivity contribution is 5.91. The van der Waals surface area contributed by atoms with Crippen LogP contribution >= 0.6 is 0 Å². The Hall–Kier alpha value is -2.56. The number of aliphatic carboxylic acids is 1. The van der Waals surface area contributed by atoms with Crippen LogP contribution in [0.25, 0.3) is 0 Å². The lowest BCUT2D eigenvalue weighted by Crippen LogP contribution is -2.25. The minimum Gasteiger partial charge on any atom is -0.478 e. The average molecular weight is 372 g/mol. The Labute approximate surface area is 160 Å². The van der Waals surface area contributed by atoms with Crippen LogP contribution in [0.5, 0.6) is 0 Å². The predicted molar refractivity (Wildman–Crippen MR) is 103 cm³/mol. The number of carboxylic acids is 1. The van der Waals surface area contributed by atoms with Gasteiger partial charge in [0.1, 0.15) is 6.61 Å². The van der Waals surface area contributed by atoms with E-state index in [9.17, 15) is 14.7 Å². The lowest BCUT2D eigenvalue weighted by atomic mass is 9.71. The second-order valence-corrected chi connectivity index (χ2v) is 7.40. The van der Waals surface area contributed by atoms with E-state index in [0.717, 1.165) is 19.3 Å². The van der Waals surface area contributed by atoms with E-state index in [2.05, 4.69) is 19.9 Å². The Kier molecular flexibility index (Phi) is 7.22. The van der Waals surface area contributed by atoms with Crippen LogP contribution in [-0.4, -0.2) is 23.7 Å². The topological polar surface area (TPSA) is 76.7 Å². The van der Waals surface area contributed by atoms with Crippen LogP contribution in [0.2, 0.25) is 0 Å². The average Bonchev–Trinajstić information content (AvgIpc) is 3.13. The molecule has 0 aromatic carbocycles. The Morgan fingerprint density at radius 2 is 2.15 bits per heavy atom. The number of hydrogen-bond donors (Lipinski definition) is 1. The first-order valence-corrected chi connectivity index (χ1v) is 9.27. The molecule has 5 heteroatoms. The van der Waals surface area contributed by atoms with Gasteiger partial charge in [0.2, 0.25) is 0 Å². The fraction of sp³-hybridized carbons (Fsp3) is 0.455. The van der Waals surface area contributed by atoms with Gasteiger partial charge in [-0.05, 0) is 60.3 Å². The third kappa shape index (κ3) is 5.98. The van der Waals surface area contributed by atoms with Gasteiger partial charge in [0.15, 0.2) is 0 Å². The summed E-state index contributed by atoms with van der Waals surface area (Å²) < 4.78 is 10.2. The van der Waals surface area contributed by atoms with Crippen LogP contribution < -0.4 is 0 Å². The van der Waals surface area contributed by atoms with Gasteiger partial charge in [-0.1, -0.05) is 32.1 Å². The third-order valence-electron chi connectivity index (χ3n) is 5.45. The summed E-state index contributed by atoms with van der Waals surface area (Å²) in [5, 5.41) is 9.53. The number of hydrogen-bond acceptors (Lipinski definition) is 4. The number of ether oxygens (including phenoxy) is 1. The van der Waals surface area contributed by atoms with Crippen LogP contribution in [0.4, 0.5) is 0 Å². The molecule has 0 saturated heterocycles. The minimum absolute atomic E-state index is 0.0173. The third-order valence-corrected chi connectivity index (χ3v) is 5.45. The molecule has 0 spiro atoms. The van der Waals surface area contributed by atoms with Crippen molar-refractivity contribution in [3.63, 3.8) is 0 Å². The fourth-order valence-electron chi connectivity index (χ4n) is 3.30. The van der Waals surface area contributed by atoms with E-state index in [1.165, 1.54) is 12.5 Å². The van der Waals surface area contributed by atoms with Crippen molar-refractivity contribution in [2.75, 3.05) is 6.61 Å². The number of allylic oxidation sites excluding steroid dienone is 3. The second kappa shape index (κ2) is 9.40. The quantitative estimate of drug-likeness (QED) is 0.732. The maximum absolute atomic E-state index is 11.6.